The van der Waals surface area contributed by atoms with Gasteiger partial charge in [-0.1, -0.05) is 24.6 Å². The largest absolute Gasteiger partial charge is 0.411 e. The van der Waals surface area contributed by atoms with E-state index in [9.17, 15) is 0 Å². The highest BCUT2D eigenvalue weighted by atomic mass is 16.4. The average molecular weight is 264 g/mol. The number of hydrogen-bond donors (Lipinski definition) is 1. The highest BCUT2D eigenvalue weighted by Gasteiger charge is 2.29. The molecule has 0 spiro atoms. The van der Waals surface area contributed by atoms with E-state index in [1.807, 2.05) is 0 Å². The van der Waals surface area contributed by atoms with Gasteiger partial charge in [0, 0.05) is 6.04 Å². The van der Waals surface area contributed by atoms with Crippen LogP contribution in [0.5, 0.6) is 0 Å². The van der Waals surface area contributed by atoms with Crippen LogP contribution in [0, 0.1) is 0 Å². The van der Waals surface area contributed by atoms with Gasteiger partial charge in [-0.25, -0.2) is 0 Å². The molecule has 0 heterocycles. The molecule has 3 nitrogen and oxygen atoms in total. The first-order valence-corrected chi connectivity index (χ1v) is 7.96. The Labute approximate surface area is 117 Å². The Morgan fingerprint density at radius 2 is 1.89 bits per heavy atom. The van der Waals surface area contributed by atoms with E-state index in [4.69, 9.17) is 5.21 Å². The summed E-state index contributed by atoms with van der Waals surface area (Å²) >= 11 is 0. The van der Waals surface area contributed by atoms with Crippen molar-refractivity contribution in [2.45, 2.75) is 71.3 Å². The maximum absolute atomic E-state index is 9.12. The lowest BCUT2D eigenvalue weighted by Gasteiger charge is -2.37. The summed E-state index contributed by atoms with van der Waals surface area (Å²) in [5.74, 6) is 0. The lowest BCUT2D eigenvalue weighted by Crippen LogP contribution is -2.39. The second-order valence-corrected chi connectivity index (χ2v) is 5.91. The third-order valence-corrected chi connectivity index (χ3v) is 4.54. The summed E-state index contributed by atoms with van der Waals surface area (Å²) in [4.78, 5) is 2.67. The average Bonchev–Trinajstić information content (AvgIpc) is 2.45. The van der Waals surface area contributed by atoms with Crippen LogP contribution in [0.2, 0.25) is 0 Å². The first kappa shape index (κ1) is 14.6. The van der Waals surface area contributed by atoms with Crippen LogP contribution in [0.25, 0.3) is 0 Å². The van der Waals surface area contributed by atoms with Gasteiger partial charge in [-0.3, -0.25) is 0 Å². The molecule has 0 aliphatic heterocycles. The van der Waals surface area contributed by atoms with Crippen molar-refractivity contribution in [3.63, 3.8) is 0 Å². The van der Waals surface area contributed by atoms with Crippen molar-refractivity contribution in [1.29, 1.82) is 0 Å². The molecule has 0 aromatic heterocycles. The minimum atomic E-state index is 0.719. The van der Waals surface area contributed by atoms with Crippen LogP contribution >= 0.6 is 0 Å². The molecule has 0 radical (unpaired) electrons. The molecule has 108 valence electrons. The number of oxime groups is 1. The molecule has 0 unspecified atom stereocenters. The van der Waals surface area contributed by atoms with Gasteiger partial charge in [0.1, 0.15) is 0 Å². The van der Waals surface area contributed by atoms with Crippen LogP contribution in [0.1, 0.15) is 65.2 Å². The van der Waals surface area contributed by atoms with Crippen molar-refractivity contribution in [2.75, 3.05) is 13.1 Å². The number of nitrogens with zero attached hydrogens (tertiary/aromatic N) is 2. The van der Waals surface area contributed by atoms with Crippen molar-refractivity contribution in [1.82, 2.24) is 4.90 Å². The number of hydrogen-bond acceptors (Lipinski definition) is 3. The molecule has 0 aromatic rings. The SMILES string of the molecule is CCCN(CCC)[C@@H]1CCC2=C(CCC/C2=N\O)C1. The molecule has 0 fully saturated rings. The van der Waals surface area contributed by atoms with E-state index in [0.717, 1.165) is 31.0 Å². The Balaban J connectivity index is 2.07. The molecule has 0 bridgehead atoms. The minimum Gasteiger partial charge on any atom is -0.411 e. The van der Waals surface area contributed by atoms with Gasteiger partial charge in [-0.2, -0.15) is 0 Å². The van der Waals surface area contributed by atoms with Crippen molar-refractivity contribution in [2.24, 2.45) is 5.16 Å². The summed E-state index contributed by atoms with van der Waals surface area (Å²) in [6.07, 6.45) is 9.38. The van der Waals surface area contributed by atoms with Gasteiger partial charge in [-0.15, -0.1) is 0 Å². The van der Waals surface area contributed by atoms with Crippen molar-refractivity contribution >= 4 is 5.71 Å². The number of rotatable bonds is 5. The Bertz CT molecular complexity index is 354. The maximum Gasteiger partial charge on any atom is 0.0827 e. The Kier molecular flexibility index (Phi) is 5.44. The molecule has 19 heavy (non-hydrogen) atoms. The lowest BCUT2D eigenvalue weighted by atomic mass is 9.78. The quantitative estimate of drug-likeness (QED) is 0.602. The van der Waals surface area contributed by atoms with E-state index >= 15 is 0 Å². The Morgan fingerprint density at radius 3 is 2.53 bits per heavy atom. The van der Waals surface area contributed by atoms with Crippen LogP contribution in [0.15, 0.2) is 16.3 Å². The third kappa shape index (κ3) is 3.38. The summed E-state index contributed by atoms with van der Waals surface area (Å²) in [5, 5.41) is 12.6. The normalized spacial score (nSPS) is 26.1. The van der Waals surface area contributed by atoms with Gasteiger partial charge < -0.3 is 10.1 Å². The van der Waals surface area contributed by atoms with E-state index in [1.54, 1.807) is 5.57 Å². The summed E-state index contributed by atoms with van der Waals surface area (Å²) < 4.78 is 0. The fraction of sp³-hybridized carbons (Fsp3) is 0.812. The Hall–Kier alpha value is -0.830. The van der Waals surface area contributed by atoms with Crippen LogP contribution in [0.3, 0.4) is 0 Å². The summed E-state index contributed by atoms with van der Waals surface area (Å²) in [7, 11) is 0. The zero-order valence-corrected chi connectivity index (χ0v) is 12.5. The van der Waals surface area contributed by atoms with Crippen LogP contribution < -0.4 is 0 Å². The van der Waals surface area contributed by atoms with Crippen molar-refractivity contribution < 1.29 is 5.21 Å². The fourth-order valence-corrected chi connectivity index (χ4v) is 3.69. The monoisotopic (exact) mass is 264 g/mol. The molecule has 0 saturated carbocycles. The first-order chi connectivity index (χ1) is 9.30. The second kappa shape index (κ2) is 7.09. The molecule has 1 N–H and O–H groups in total. The standard InChI is InChI=1S/C16H28N2O/c1-3-10-18(11-4-2)14-8-9-15-13(12-14)6-5-7-16(15)17-19/h14,19H,3-12H2,1-2H3/b17-16+/t14-/m1/s1. The maximum atomic E-state index is 9.12. The van der Waals surface area contributed by atoms with Gasteiger partial charge in [0.25, 0.3) is 0 Å². The van der Waals surface area contributed by atoms with Crippen molar-refractivity contribution in [3.8, 4) is 0 Å². The topological polar surface area (TPSA) is 35.8 Å². The highest BCUT2D eigenvalue weighted by molar-refractivity contribution is 6.01. The number of allylic oxidation sites excluding steroid dienone is 1. The minimum absolute atomic E-state index is 0.719. The zero-order valence-electron chi connectivity index (χ0n) is 12.5. The molecule has 0 amide bonds. The first-order valence-electron chi connectivity index (χ1n) is 7.96. The van der Waals surface area contributed by atoms with E-state index in [2.05, 4.69) is 23.9 Å². The predicted octanol–water partition coefficient (Wildman–Crippen LogP) is 3.97. The smallest absolute Gasteiger partial charge is 0.0827 e. The molecule has 2 aliphatic carbocycles. The highest BCUT2D eigenvalue weighted by Crippen LogP contribution is 2.36. The van der Waals surface area contributed by atoms with E-state index in [-0.39, 0.29) is 0 Å². The summed E-state index contributed by atoms with van der Waals surface area (Å²) in [6, 6.07) is 0.719. The van der Waals surface area contributed by atoms with E-state index < -0.39 is 0 Å². The molecular weight excluding hydrogens is 236 g/mol. The Morgan fingerprint density at radius 1 is 1.16 bits per heavy atom. The van der Waals surface area contributed by atoms with E-state index in [1.165, 1.54) is 50.8 Å². The van der Waals surface area contributed by atoms with Gasteiger partial charge in [0.2, 0.25) is 0 Å². The van der Waals surface area contributed by atoms with Gasteiger partial charge in [-0.05, 0) is 70.0 Å². The third-order valence-electron chi connectivity index (χ3n) is 4.54. The molecule has 0 aromatic carbocycles. The molecule has 3 heteroatoms. The van der Waals surface area contributed by atoms with Crippen LogP contribution in [0.4, 0.5) is 0 Å². The fourth-order valence-electron chi connectivity index (χ4n) is 3.69. The zero-order chi connectivity index (χ0) is 13.7. The molecule has 1 atom stereocenters. The van der Waals surface area contributed by atoms with E-state index in [0.29, 0.717) is 0 Å². The van der Waals surface area contributed by atoms with Gasteiger partial charge in [0.05, 0.1) is 5.71 Å². The molecule has 2 rings (SSSR count). The van der Waals surface area contributed by atoms with Gasteiger partial charge >= 0.3 is 0 Å². The molecular formula is C16H28N2O. The van der Waals surface area contributed by atoms with Crippen molar-refractivity contribution in [3.05, 3.63) is 11.1 Å². The molecule has 2 aliphatic rings. The molecule has 0 saturated heterocycles. The lowest BCUT2D eigenvalue weighted by molar-refractivity contribution is 0.179. The van der Waals surface area contributed by atoms with Crippen LogP contribution in [-0.4, -0.2) is 35.0 Å². The predicted molar refractivity (Wildman–Crippen MR) is 79.9 cm³/mol. The summed E-state index contributed by atoms with van der Waals surface area (Å²) in [6.45, 7) is 6.99. The van der Waals surface area contributed by atoms with Gasteiger partial charge in [0.15, 0.2) is 0 Å². The van der Waals surface area contributed by atoms with Crippen LogP contribution in [-0.2, 0) is 0 Å². The summed E-state index contributed by atoms with van der Waals surface area (Å²) in [5.41, 5.74) is 3.93. The second-order valence-electron chi connectivity index (χ2n) is 5.91.